The summed E-state index contributed by atoms with van der Waals surface area (Å²) in [5.74, 6) is -0.0597. The van der Waals surface area contributed by atoms with E-state index >= 15 is 0 Å². The Kier molecular flexibility index (Phi) is 5.59. The van der Waals surface area contributed by atoms with Gasteiger partial charge in [-0.3, -0.25) is 9.59 Å². The third-order valence-corrected chi connectivity index (χ3v) is 4.23. The van der Waals surface area contributed by atoms with Gasteiger partial charge in [0.1, 0.15) is 0 Å². The number of anilines is 1. The molecule has 3 rings (SSSR count). The molecule has 1 N–H and O–H groups in total. The van der Waals surface area contributed by atoms with E-state index in [4.69, 9.17) is 0 Å². The minimum absolute atomic E-state index is 0.0251. The molecule has 0 atom stereocenters. The number of ketones is 1. The van der Waals surface area contributed by atoms with Crippen molar-refractivity contribution < 1.29 is 9.59 Å². The number of aryl methyl sites for hydroxylation is 2. The maximum absolute atomic E-state index is 12.4. The van der Waals surface area contributed by atoms with Gasteiger partial charge in [-0.25, -0.2) is 0 Å². The fourth-order valence-electron chi connectivity index (χ4n) is 2.70. The molecule has 0 saturated carbocycles. The summed E-state index contributed by atoms with van der Waals surface area (Å²) in [6.45, 7) is 2.04. The third kappa shape index (κ3) is 4.67. The topological polar surface area (TPSA) is 46.2 Å². The van der Waals surface area contributed by atoms with Crippen LogP contribution >= 0.6 is 0 Å². The normalized spacial score (nSPS) is 10.3. The van der Waals surface area contributed by atoms with E-state index in [1.165, 1.54) is 5.56 Å². The van der Waals surface area contributed by atoms with Gasteiger partial charge in [-0.05, 0) is 43.2 Å². The Morgan fingerprint density at radius 2 is 1.38 bits per heavy atom. The van der Waals surface area contributed by atoms with E-state index in [0.29, 0.717) is 29.7 Å². The van der Waals surface area contributed by atoms with Crippen molar-refractivity contribution in [1.82, 2.24) is 0 Å². The quantitative estimate of drug-likeness (QED) is 0.654. The van der Waals surface area contributed by atoms with Gasteiger partial charge in [0, 0.05) is 23.2 Å². The molecular formula is C23H21NO2. The lowest BCUT2D eigenvalue weighted by Crippen LogP contribution is -2.12. The van der Waals surface area contributed by atoms with Crippen molar-refractivity contribution in [2.75, 3.05) is 5.32 Å². The molecule has 0 spiro atoms. The zero-order valence-electron chi connectivity index (χ0n) is 14.7. The summed E-state index contributed by atoms with van der Waals surface area (Å²) in [4.78, 5) is 24.5. The highest BCUT2D eigenvalue weighted by Crippen LogP contribution is 2.14. The van der Waals surface area contributed by atoms with Gasteiger partial charge in [0.05, 0.1) is 0 Å². The molecule has 1 amide bonds. The molecule has 26 heavy (non-hydrogen) atoms. The Morgan fingerprint density at radius 1 is 0.769 bits per heavy atom. The van der Waals surface area contributed by atoms with Crippen molar-refractivity contribution >= 4 is 17.4 Å². The minimum Gasteiger partial charge on any atom is -0.326 e. The van der Waals surface area contributed by atoms with Gasteiger partial charge < -0.3 is 5.32 Å². The van der Waals surface area contributed by atoms with Crippen molar-refractivity contribution in [3.63, 3.8) is 0 Å². The Morgan fingerprint density at radius 3 is 2.04 bits per heavy atom. The van der Waals surface area contributed by atoms with E-state index in [-0.39, 0.29) is 11.7 Å². The molecule has 3 aromatic rings. The number of hydrogen-bond acceptors (Lipinski definition) is 2. The van der Waals surface area contributed by atoms with E-state index < -0.39 is 0 Å². The van der Waals surface area contributed by atoms with E-state index in [0.717, 1.165) is 5.56 Å². The van der Waals surface area contributed by atoms with Gasteiger partial charge in [0.2, 0.25) is 5.91 Å². The van der Waals surface area contributed by atoms with Crippen LogP contribution < -0.4 is 5.32 Å². The Hall–Kier alpha value is -3.20. The van der Waals surface area contributed by atoms with Crippen molar-refractivity contribution in [1.29, 1.82) is 0 Å². The Labute approximate surface area is 153 Å². The molecule has 0 saturated heterocycles. The minimum atomic E-state index is -0.0345. The molecule has 0 aliphatic carbocycles. The number of rotatable bonds is 6. The zero-order valence-corrected chi connectivity index (χ0v) is 14.7. The van der Waals surface area contributed by atoms with Gasteiger partial charge in [0.15, 0.2) is 5.78 Å². The molecule has 0 aliphatic heterocycles. The van der Waals surface area contributed by atoms with Crippen molar-refractivity contribution in [3.05, 3.63) is 101 Å². The number of amides is 1. The van der Waals surface area contributed by atoms with Crippen molar-refractivity contribution in [3.8, 4) is 0 Å². The van der Waals surface area contributed by atoms with Crippen molar-refractivity contribution in [2.45, 2.75) is 19.8 Å². The lowest BCUT2D eigenvalue weighted by atomic mass is 10.0. The predicted octanol–water partition coefficient (Wildman–Crippen LogP) is 4.80. The fourth-order valence-corrected chi connectivity index (χ4v) is 2.70. The number of nitrogens with one attached hydrogen (secondary N) is 1. The standard InChI is InChI=1S/C23H21NO2/c1-17-7-9-18(10-8-17)11-16-22(25)24-21-14-12-20(13-15-21)23(26)19-5-3-2-4-6-19/h2-10,12-15H,11,16H2,1H3,(H,24,25). The second-order valence-corrected chi connectivity index (χ2v) is 6.31. The molecule has 130 valence electrons. The predicted molar refractivity (Wildman–Crippen MR) is 104 cm³/mol. The SMILES string of the molecule is Cc1ccc(CCC(=O)Nc2ccc(C(=O)c3ccccc3)cc2)cc1. The van der Waals surface area contributed by atoms with Crippen LogP contribution in [0.2, 0.25) is 0 Å². The number of carbonyl (C=O) groups is 2. The molecule has 0 aromatic heterocycles. The Bertz CT molecular complexity index is 882. The molecule has 0 bridgehead atoms. The first-order valence-corrected chi connectivity index (χ1v) is 8.67. The summed E-state index contributed by atoms with van der Waals surface area (Å²) in [5.41, 5.74) is 4.32. The van der Waals surface area contributed by atoms with E-state index in [9.17, 15) is 9.59 Å². The number of hydrogen-bond donors (Lipinski definition) is 1. The summed E-state index contributed by atoms with van der Waals surface area (Å²) in [6, 6.07) is 24.4. The average molecular weight is 343 g/mol. The first-order valence-electron chi connectivity index (χ1n) is 8.67. The van der Waals surface area contributed by atoms with Crippen LogP contribution in [-0.2, 0) is 11.2 Å². The van der Waals surface area contributed by atoms with Gasteiger partial charge in [0.25, 0.3) is 0 Å². The fraction of sp³-hybridized carbons (Fsp3) is 0.130. The second kappa shape index (κ2) is 8.26. The van der Waals surface area contributed by atoms with Crippen LogP contribution in [0.4, 0.5) is 5.69 Å². The number of benzene rings is 3. The van der Waals surface area contributed by atoms with Crippen LogP contribution in [0.5, 0.6) is 0 Å². The lowest BCUT2D eigenvalue weighted by Gasteiger charge is -2.07. The molecule has 3 aromatic carbocycles. The van der Waals surface area contributed by atoms with E-state index in [1.807, 2.05) is 37.3 Å². The highest BCUT2D eigenvalue weighted by Gasteiger charge is 2.09. The maximum atomic E-state index is 12.4. The Balaban J connectivity index is 1.56. The van der Waals surface area contributed by atoms with E-state index in [2.05, 4.69) is 17.4 Å². The smallest absolute Gasteiger partial charge is 0.224 e. The number of carbonyl (C=O) groups excluding carboxylic acids is 2. The maximum Gasteiger partial charge on any atom is 0.224 e. The monoisotopic (exact) mass is 343 g/mol. The van der Waals surface area contributed by atoms with Gasteiger partial charge in [-0.1, -0.05) is 60.2 Å². The van der Waals surface area contributed by atoms with Gasteiger partial charge >= 0.3 is 0 Å². The molecule has 3 heteroatoms. The van der Waals surface area contributed by atoms with Gasteiger partial charge in [-0.2, -0.15) is 0 Å². The summed E-state index contributed by atoms with van der Waals surface area (Å²) >= 11 is 0. The third-order valence-electron chi connectivity index (χ3n) is 4.23. The van der Waals surface area contributed by atoms with Gasteiger partial charge in [-0.15, -0.1) is 0 Å². The average Bonchev–Trinajstić information content (AvgIpc) is 2.68. The molecule has 0 aliphatic rings. The molecule has 0 heterocycles. The molecule has 0 unspecified atom stereocenters. The molecule has 0 radical (unpaired) electrons. The lowest BCUT2D eigenvalue weighted by molar-refractivity contribution is -0.116. The first-order chi connectivity index (χ1) is 12.6. The zero-order chi connectivity index (χ0) is 18.4. The van der Waals surface area contributed by atoms with E-state index in [1.54, 1.807) is 36.4 Å². The summed E-state index contributed by atoms with van der Waals surface area (Å²) in [6.07, 6.45) is 1.13. The molecular weight excluding hydrogens is 322 g/mol. The van der Waals surface area contributed by atoms with Crippen molar-refractivity contribution in [2.24, 2.45) is 0 Å². The molecule has 0 fully saturated rings. The van der Waals surface area contributed by atoms with Crippen LogP contribution in [0.1, 0.15) is 33.5 Å². The van der Waals surface area contributed by atoms with Crippen LogP contribution in [0.15, 0.2) is 78.9 Å². The van der Waals surface area contributed by atoms with Crippen LogP contribution in [0.25, 0.3) is 0 Å². The highest BCUT2D eigenvalue weighted by atomic mass is 16.1. The van der Waals surface area contributed by atoms with Crippen LogP contribution in [-0.4, -0.2) is 11.7 Å². The largest absolute Gasteiger partial charge is 0.326 e. The van der Waals surface area contributed by atoms with Crippen LogP contribution in [0.3, 0.4) is 0 Å². The summed E-state index contributed by atoms with van der Waals surface area (Å²) in [7, 11) is 0. The van der Waals surface area contributed by atoms with Crippen LogP contribution in [0, 0.1) is 6.92 Å². The highest BCUT2D eigenvalue weighted by molar-refractivity contribution is 6.09. The summed E-state index contributed by atoms with van der Waals surface area (Å²) < 4.78 is 0. The second-order valence-electron chi connectivity index (χ2n) is 6.31. The summed E-state index contributed by atoms with van der Waals surface area (Å²) in [5, 5.41) is 2.88. The molecule has 3 nitrogen and oxygen atoms in total. The first kappa shape index (κ1) is 17.6.